The highest BCUT2D eigenvalue weighted by Gasteiger charge is 2.31. The lowest BCUT2D eigenvalue weighted by Gasteiger charge is -2.38. The largest absolute Gasteiger partial charge is 0.331 e. The van der Waals surface area contributed by atoms with Gasteiger partial charge in [-0.15, -0.1) is 0 Å². The van der Waals surface area contributed by atoms with Gasteiger partial charge in [-0.05, 0) is 30.9 Å². The zero-order chi connectivity index (χ0) is 15.4. The second-order valence-electron chi connectivity index (χ2n) is 6.45. The number of amides is 2. The smallest absolute Gasteiger partial charge is 0.317 e. The number of rotatable bonds is 4. The van der Waals surface area contributed by atoms with E-state index in [-0.39, 0.29) is 12.1 Å². The summed E-state index contributed by atoms with van der Waals surface area (Å²) < 4.78 is 0. The average Bonchev–Trinajstić information content (AvgIpc) is 2.53. The molecule has 1 saturated heterocycles. The molecule has 1 aromatic rings. The number of carbonyl (C=O) groups is 1. The van der Waals surface area contributed by atoms with Gasteiger partial charge in [-0.2, -0.15) is 0 Å². The number of urea groups is 1. The standard InChI is InChI=1S/C18H27N3O/c1-2-20-11-13-21(14-12-20)18(22)19-17(16-9-6-10-16)15-7-4-3-5-8-15/h3-5,7-8,16-17H,2,6,9-14H2,1H3,(H,19,22). The molecule has 0 aromatic heterocycles. The van der Waals surface area contributed by atoms with Gasteiger partial charge in [0.15, 0.2) is 0 Å². The third-order valence-corrected chi connectivity index (χ3v) is 5.17. The monoisotopic (exact) mass is 301 g/mol. The van der Waals surface area contributed by atoms with Gasteiger partial charge in [0.2, 0.25) is 0 Å². The van der Waals surface area contributed by atoms with E-state index in [0.29, 0.717) is 5.92 Å². The molecule has 1 aliphatic heterocycles. The van der Waals surface area contributed by atoms with Crippen molar-refractivity contribution in [2.24, 2.45) is 5.92 Å². The predicted molar refractivity (Wildman–Crippen MR) is 88.7 cm³/mol. The van der Waals surface area contributed by atoms with Gasteiger partial charge < -0.3 is 15.1 Å². The van der Waals surface area contributed by atoms with Crippen molar-refractivity contribution >= 4 is 6.03 Å². The van der Waals surface area contributed by atoms with Crippen molar-refractivity contribution < 1.29 is 4.79 Å². The van der Waals surface area contributed by atoms with E-state index >= 15 is 0 Å². The molecule has 1 atom stereocenters. The van der Waals surface area contributed by atoms with Crippen molar-refractivity contribution in [3.8, 4) is 0 Å². The normalized spacial score (nSPS) is 21.2. The zero-order valence-corrected chi connectivity index (χ0v) is 13.5. The van der Waals surface area contributed by atoms with Crippen LogP contribution in [0, 0.1) is 5.92 Å². The maximum atomic E-state index is 12.6. The fourth-order valence-corrected chi connectivity index (χ4v) is 3.40. The van der Waals surface area contributed by atoms with E-state index in [9.17, 15) is 4.79 Å². The summed E-state index contributed by atoms with van der Waals surface area (Å²) in [6.07, 6.45) is 3.74. The highest BCUT2D eigenvalue weighted by Crippen LogP contribution is 2.37. The Bertz CT molecular complexity index is 478. The molecule has 2 aliphatic rings. The molecule has 1 aromatic carbocycles. The SMILES string of the molecule is CCN1CCN(C(=O)NC(c2ccccc2)C2CCC2)CC1. The van der Waals surface area contributed by atoms with Crippen LogP contribution in [0.25, 0.3) is 0 Å². The highest BCUT2D eigenvalue weighted by atomic mass is 16.2. The van der Waals surface area contributed by atoms with Crippen LogP contribution in [0.15, 0.2) is 30.3 Å². The van der Waals surface area contributed by atoms with Crippen LogP contribution in [0.2, 0.25) is 0 Å². The first-order valence-corrected chi connectivity index (χ1v) is 8.60. The highest BCUT2D eigenvalue weighted by molar-refractivity contribution is 5.75. The number of carbonyl (C=O) groups excluding carboxylic acids is 1. The molecule has 4 nitrogen and oxygen atoms in total. The summed E-state index contributed by atoms with van der Waals surface area (Å²) >= 11 is 0. The lowest BCUT2D eigenvalue weighted by molar-refractivity contribution is 0.133. The van der Waals surface area contributed by atoms with Crippen LogP contribution in [0.3, 0.4) is 0 Å². The minimum Gasteiger partial charge on any atom is -0.331 e. The molecular weight excluding hydrogens is 274 g/mol. The summed E-state index contributed by atoms with van der Waals surface area (Å²) in [7, 11) is 0. The summed E-state index contributed by atoms with van der Waals surface area (Å²) in [5.41, 5.74) is 1.24. The first-order valence-electron chi connectivity index (χ1n) is 8.60. The van der Waals surface area contributed by atoms with Gasteiger partial charge in [-0.1, -0.05) is 43.7 Å². The molecule has 1 saturated carbocycles. The van der Waals surface area contributed by atoms with Crippen molar-refractivity contribution in [2.45, 2.75) is 32.2 Å². The van der Waals surface area contributed by atoms with E-state index in [1.807, 2.05) is 11.0 Å². The van der Waals surface area contributed by atoms with E-state index in [1.54, 1.807) is 0 Å². The molecule has 1 N–H and O–H groups in total. The van der Waals surface area contributed by atoms with Crippen molar-refractivity contribution in [1.29, 1.82) is 0 Å². The summed E-state index contributed by atoms with van der Waals surface area (Å²) in [6.45, 7) is 6.91. The van der Waals surface area contributed by atoms with Gasteiger partial charge in [-0.25, -0.2) is 4.79 Å². The molecule has 4 heteroatoms. The minimum atomic E-state index is 0.108. The zero-order valence-electron chi connectivity index (χ0n) is 13.5. The Hall–Kier alpha value is -1.55. The number of nitrogens with one attached hydrogen (secondary N) is 1. The molecule has 2 amide bonds. The molecule has 1 aliphatic carbocycles. The topological polar surface area (TPSA) is 35.6 Å². The van der Waals surface area contributed by atoms with Crippen LogP contribution >= 0.6 is 0 Å². The Balaban J connectivity index is 1.62. The van der Waals surface area contributed by atoms with Crippen LogP contribution in [0.4, 0.5) is 4.79 Å². The fraction of sp³-hybridized carbons (Fsp3) is 0.611. The summed E-state index contributed by atoms with van der Waals surface area (Å²) in [6, 6.07) is 10.7. The number of piperazine rings is 1. The van der Waals surface area contributed by atoms with Gasteiger partial charge in [0.25, 0.3) is 0 Å². The summed E-state index contributed by atoms with van der Waals surface area (Å²) in [4.78, 5) is 17.0. The van der Waals surface area contributed by atoms with Crippen LogP contribution in [0.5, 0.6) is 0 Å². The second-order valence-corrected chi connectivity index (χ2v) is 6.45. The van der Waals surface area contributed by atoms with Crippen molar-refractivity contribution in [1.82, 2.24) is 15.1 Å². The van der Waals surface area contributed by atoms with Crippen LogP contribution < -0.4 is 5.32 Å². The van der Waals surface area contributed by atoms with Crippen molar-refractivity contribution in [3.63, 3.8) is 0 Å². The average molecular weight is 301 g/mol. The second kappa shape index (κ2) is 7.14. The molecule has 0 radical (unpaired) electrons. The number of hydrogen-bond acceptors (Lipinski definition) is 2. The molecular formula is C18H27N3O. The first-order chi connectivity index (χ1) is 10.8. The molecule has 1 heterocycles. The quantitative estimate of drug-likeness (QED) is 0.928. The lowest BCUT2D eigenvalue weighted by Crippen LogP contribution is -2.52. The first kappa shape index (κ1) is 15.3. The number of likely N-dealkylation sites (N-methyl/N-ethyl adjacent to an activating group) is 1. The van der Waals surface area contributed by atoms with Crippen molar-refractivity contribution in [3.05, 3.63) is 35.9 Å². The number of hydrogen-bond donors (Lipinski definition) is 1. The van der Waals surface area contributed by atoms with E-state index in [4.69, 9.17) is 0 Å². The maximum absolute atomic E-state index is 12.6. The third-order valence-electron chi connectivity index (χ3n) is 5.17. The predicted octanol–water partition coefficient (Wildman–Crippen LogP) is 2.87. The van der Waals surface area contributed by atoms with E-state index < -0.39 is 0 Å². The Morgan fingerprint density at radius 1 is 1.18 bits per heavy atom. The van der Waals surface area contributed by atoms with Crippen LogP contribution in [-0.2, 0) is 0 Å². The third kappa shape index (κ3) is 3.43. The fourth-order valence-electron chi connectivity index (χ4n) is 3.40. The molecule has 2 fully saturated rings. The Labute approximate surface area is 133 Å². The molecule has 3 rings (SSSR count). The molecule has 0 spiro atoms. The molecule has 120 valence electrons. The van der Waals surface area contributed by atoms with E-state index in [0.717, 1.165) is 32.7 Å². The van der Waals surface area contributed by atoms with Crippen LogP contribution in [0.1, 0.15) is 37.8 Å². The van der Waals surface area contributed by atoms with Gasteiger partial charge in [0, 0.05) is 26.2 Å². The number of benzene rings is 1. The summed E-state index contributed by atoms with van der Waals surface area (Å²) in [5.74, 6) is 0.600. The van der Waals surface area contributed by atoms with Gasteiger partial charge >= 0.3 is 6.03 Å². The number of nitrogens with zero attached hydrogens (tertiary/aromatic N) is 2. The summed E-state index contributed by atoms with van der Waals surface area (Å²) in [5, 5.41) is 3.31. The minimum absolute atomic E-state index is 0.108. The van der Waals surface area contributed by atoms with Crippen molar-refractivity contribution in [2.75, 3.05) is 32.7 Å². The van der Waals surface area contributed by atoms with E-state index in [2.05, 4.69) is 41.4 Å². The van der Waals surface area contributed by atoms with E-state index in [1.165, 1.54) is 24.8 Å². The Morgan fingerprint density at radius 2 is 1.86 bits per heavy atom. The molecule has 1 unspecified atom stereocenters. The Kier molecular flexibility index (Phi) is 4.98. The molecule has 22 heavy (non-hydrogen) atoms. The lowest BCUT2D eigenvalue weighted by atomic mass is 9.77. The van der Waals surface area contributed by atoms with Gasteiger partial charge in [-0.3, -0.25) is 0 Å². The van der Waals surface area contributed by atoms with Gasteiger partial charge in [0.05, 0.1) is 6.04 Å². The maximum Gasteiger partial charge on any atom is 0.317 e. The molecule has 0 bridgehead atoms. The van der Waals surface area contributed by atoms with Gasteiger partial charge in [0.1, 0.15) is 0 Å². The Morgan fingerprint density at radius 3 is 2.41 bits per heavy atom. The van der Waals surface area contributed by atoms with Crippen LogP contribution in [-0.4, -0.2) is 48.6 Å².